The van der Waals surface area contributed by atoms with Crippen LogP contribution in [0.3, 0.4) is 0 Å². The van der Waals surface area contributed by atoms with Crippen LogP contribution in [0, 0.1) is 5.82 Å². The van der Waals surface area contributed by atoms with E-state index in [1.165, 1.54) is 6.07 Å². The van der Waals surface area contributed by atoms with Crippen molar-refractivity contribution in [2.75, 3.05) is 17.2 Å². The van der Waals surface area contributed by atoms with E-state index in [1.54, 1.807) is 18.2 Å². The Morgan fingerprint density at radius 3 is 2.61 bits per heavy atom. The molecule has 0 spiro atoms. The van der Waals surface area contributed by atoms with Crippen LogP contribution in [0.4, 0.5) is 22.0 Å². The molecule has 5 nitrogen and oxygen atoms in total. The van der Waals surface area contributed by atoms with Crippen molar-refractivity contribution in [3.8, 4) is 0 Å². The lowest BCUT2D eigenvalue weighted by atomic mass is 10.3. The van der Waals surface area contributed by atoms with Gasteiger partial charge in [-0.3, -0.25) is 0 Å². The fourth-order valence-corrected chi connectivity index (χ4v) is 1.49. The number of para-hydroxylation sites is 1. The van der Waals surface area contributed by atoms with E-state index in [1.807, 2.05) is 6.92 Å². The Bertz CT molecular complexity index is 549. The van der Waals surface area contributed by atoms with Crippen molar-refractivity contribution in [1.29, 1.82) is 0 Å². The maximum absolute atomic E-state index is 13.4. The molecule has 1 aromatic heterocycles. The number of benzene rings is 1. The zero-order valence-corrected chi connectivity index (χ0v) is 10.4. The molecule has 2 N–H and O–H groups in total. The van der Waals surface area contributed by atoms with Gasteiger partial charge in [0.25, 0.3) is 0 Å². The molecule has 2 rings (SSSR count). The minimum absolute atomic E-state index is 0.0415. The summed E-state index contributed by atoms with van der Waals surface area (Å²) in [6, 6.07) is 6.24. The van der Waals surface area contributed by atoms with Gasteiger partial charge in [-0.1, -0.05) is 12.1 Å². The van der Waals surface area contributed by atoms with Crippen molar-refractivity contribution in [2.45, 2.75) is 6.92 Å². The third-order valence-electron chi connectivity index (χ3n) is 2.06. The molecule has 0 saturated carbocycles. The molecule has 94 valence electrons. The highest BCUT2D eigenvalue weighted by Gasteiger charge is 2.06. The standard InChI is InChI=1S/C11H11ClFN5/c1-2-14-10-16-9(12)17-11(18-10)15-8-6-4-3-5-7(8)13/h3-6H,2H2,1H3,(H2,14,15,16,17,18). The average Bonchev–Trinajstić information content (AvgIpc) is 2.32. The Hall–Kier alpha value is -1.95. The van der Waals surface area contributed by atoms with E-state index in [0.29, 0.717) is 12.5 Å². The molecule has 0 unspecified atom stereocenters. The van der Waals surface area contributed by atoms with Crippen LogP contribution in [0.25, 0.3) is 0 Å². The molecule has 18 heavy (non-hydrogen) atoms. The Morgan fingerprint density at radius 2 is 1.89 bits per heavy atom. The molecule has 1 heterocycles. The number of hydrogen-bond acceptors (Lipinski definition) is 5. The summed E-state index contributed by atoms with van der Waals surface area (Å²) >= 11 is 5.76. The molecule has 0 fully saturated rings. The van der Waals surface area contributed by atoms with Crippen molar-refractivity contribution >= 4 is 29.2 Å². The summed E-state index contributed by atoms with van der Waals surface area (Å²) < 4.78 is 13.4. The van der Waals surface area contributed by atoms with E-state index in [0.717, 1.165) is 0 Å². The SMILES string of the molecule is CCNc1nc(Cl)nc(Nc2ccccc2F)n1. The summed E-state index contributed by atoms with van der Waals surface area (Å²) in [6.45, 7) is 2.56. The van der Waals surface area contributed by atoms with Crippen molar-refractivity contribution in [1.82, 2.24) is 15.0 Å². The van der Waals surface area contributed by atoms with Gasteiger partial charge in [0.15, 0.2) is 0 Å². The first-order valence-electron chi connectivity index (χ1n) is 5.36. The average molecular weight is 268 g/mol. The second-order valence-electron chi connectivity index (χ2n) is 3.39. The van der Waals surface area contributed by atoms with Crippen molar-refractivity contribution < 1.29 is 4.39 Å². The topological polar surface area (TPSA) is 62.7 Å². The Balaban J connectivity index is 2.26. The van der Waals surface area contributed by atoms with E-state index in [2.05, 4.69) is 25.6 Å². The smallest absolute Gasteiger partial charge is 0.233 e. The minimum atomic E-state index is -0.390. The number of aromatic nitrogens is 3. The highest BCUT2D eigenvalue weighted by Crippen LogP contribution is 2.18. The van der Waals surface area contributed by atoms with E-state index in [-0.39, 0.29) is 22.7 Å². The Kier molecular flexibility index (Phi) is 3.88. The molecule has 0 atom stereocenters. The van der Waals surface area contributed by atoms with Crippen LogP contribution in [0.2, 0.25) is 5.28 Å². The summed E-state index contributed by atoms with van der Waals surface area (Å²) in [5.74, 6) is 0.145. The van der Waals surface area contributed by atoms with E-state index in [4.69, 9.17) is 11.6 Å². The van der Waals surface area contributed by atoms with Crippen LogP contribution in [0.15, 0.2) is 24.3 Å². The third kappa shape index (κ3) is 3.04. The molecular formula is C11H11ClFN5. The molecule has 0 bridgehead atoms. The van der Waals surface area contributed by atoms with Crippen LogP contribution in [0.5, 0.6) is 0 Å². The number of halogens is 2. The molecular weight excluding hydrogens is 257 g/mol. The van der Waals surface area contributed by atoms with Gasteiger partial charge in [0.1, 0.15) is 5.82 Å². The van der Waals surface area contributed by atoms with Crippen molar-refractivity contribution in [2.24, 2.45) is 0 Å². The number of nitrogens with one attached hydrogen (secondary N) is 2. The fraction of sp³-hybridized carbons (Fsp3) is 0.182. The van der Waals surface area contributed by atoms with Gasteiger partial charge in [0.05, 0.1) is 5.69 Å². The quantitative estimate of drug-likeness (QED) is 0.892. The van der Waals surface area contributed by atoms with Gasteiger partial charge in [0, 0.05) is 6.54 Å². The molecule has 2 aromatic rings. The lowest BCUT2D eigenvalue weighted by molar-refractivity contribution is 0.631. The molecule has 1 aromatic carbocycles. The summed E-state index contributed by atoms with van der Waals surface area (Å²) in [7, 11) is 0. The van der Waals surface area contributed by atoms with Gasteiger partial charge >= 0.3 is 0 Å². The first-order chi connectivity index (χ1) is 8.69. The fourth-order valence-electron chi connectivity index (χ4n) is 1.33. The number of rotatable bonds is 4. The number of anilines is 3. The minimum Gasteiger partial charge on any atom is -0.354 e. The Labute approximate surface area is 108 Å². The third-order valence-corrected chi connectivity index (χ3v) is 2.23. The molecule has 0 radical (unpaired) electrons. The number of hydrogen-bond donors (Lipinski definition) is 2. The summed E-state index contributed by atoms with van der Waals surface area (Å²) in [4.78, 5) is 11.8. The van der Waals surface area contributed by atoms with Gasteiger partial charge in [-0.25, -0.2) is 4.39 Å². The largest absolute Gasteiger partial charge is 0.354 e. The molecule has 0 aliphatic rings. The van der Waals surface area contributed by atoms with Gasteiger partial charge < -0.3 is 10.6 Å². The maximum Gasteiger partial charge on any atom is 0.233 e. The second kappa shape index (κ2) is 5.59. The van der Waals surface area contributed by atoms with E-state index < -0.39 is 0 Å². The van der Waals surface area contributed by atoms with Crippen LogP contribution < -0.4 is 10.6 Å². The monoisotopic (exact) mass is 267 g/mol. The highest BCUT2D eigenvalue weighted by molar-refractivity contribution is 6.28. The second-order valence-corrected chi connectivity index (χ2v) is 3.72. The van der Waals surface area contributed by atoms with Crippen LogP contribution in [0.1, 0.15) is 6.92 Å². The zero-order valence-electron chi connectivity index (χ0n) is 9.61. The summed E-state index contributed by atoms with van der Waals surface area (Å²) in [6.07, 6.45) is 0. The summed E-state index contributed by atoms with van der Waals surface area (Å²) in [5, 5.41) is 5.70. The van der Waals surface area contributed by atoms with E-state index >= 15 is 0 Å². The predicted molar refractivity (Wildman–Crippen MR) is 68.7 cm³/mol. The highest BCUT2D eigenvalue weighted by atomic mass is 35.5. The predicted octanol–water partition coefficient (Wildman–Crippen LogP) is 2.84. The molecule has 0 amide bonds. The van der Waals surface area contributed by atoms with Gasteiger partial charge in [-0.2, -0.15) is 15.0 Å². The van der Waals surface area contributed by atoms with Crippen LogP contribution in [-0.4, -0.2) is 21.5 Å². The Morgan fingerprint density at radius 1 is 1.17 bits per heavy atom. The molecule has 0 saturated heterocycles. The number of nitrogens with zero attached hydrogens (tertiary/aromatic N) is 3. The van der Waals surface area contributed by atoms with Gasteiger partial charge in [-0.15, -0.1) is 0 Å². The van der Waals surface area contributed by atoms with Crippen molar-refractivity contribution in [3.05, 3.63) is 35.4 Å². The van der Waals surface area contributed by atoms with Crippen molar-refractivity contribution in [3.63, 3.8) is 0 Å². The zero-order chi connectivity index (χ0) is 13.0. The maximum atomic E-state index is 13.4. The van der Waals surface area contributed by atoms with Crippen LogP contribution in [-0.2, 0) is 0 Å². The lowest BCUT2D eigenvalue weighted by Gasteiger charge is -2.07. The first kappa shape index (κ1) is 12.5. The van der Waals surface area contributed by atoms with Gasteiger partial charge in [0.2, 0.25) is 17.2 Å². The van der Waals surface area contributed by atoms with Crippen LogP contribution >= 0.6 is 11.6 Å². The molecule has 0 aliphatic carbocycles. The molecule has 0 aliphatic heterocycles. The normalized spacial score (nSPS) is 10.2. The van der Waals surface area contributed by atoms with Gasteiger partial charge in [-0.05, 0) is 30.7 Å². The van der Waals surface area contributed by atoms with E-state index in [9.17, 15) is 4.39 Å². The lowest BCUT2D eigenvalue weighted by Crippen LogP contribution is -2.07. The first-order valence-corrected chi connectivity index (χ1v) is 5.74. The molecule has 7 heteroatoms. The summed E-state index contributed by atoms with van der Waals surface area (Å²) in [5.41, 5.74) is 0.280.